The van der Waals surface area contributed by atoms with E-state index in [-0.39, 0.29) is 49.1 Å². The van der Waals surface area contributed by atoms with Crippen LogP contribution in [0.25, 0.3) is 10.2 Å². The number of rotatable bonds is 11. The molecule has 0 radical (unpaired) electrons. The summed E-state index contributed by atoms with van der Waals surface area (Å²) in [6, 6.07) is 13.7. The van der Waals surface area contributed by atoms with Crippen molar-refractivity contribution in [2.75, 3.05) is 45.2 Å². The number of amides is 1. The van der Waals surface area contributed by atoms with Gasteiger partial charge in [-0.25, -0.2) is 13.4 Å². The highest BCUT2D eigenvalue weighted by atomic mass is 35.5. The predicted molar refractivity (Wildman–Crippen MR) is 152 cm³/mol. The third-order valence-corrected chi connectivity index (χ3v) is 8.88. The second-order valence-electron chi connectivity index (χ2n) is 8.93. The average Bonchev–Trinajstić information content (AvgIpc) is 3.28. The summed E-state index contributed by atoms with van der Waals surface area (Å²) < 4.78 is 28.4. The lowest BCUT2D eigenvalue weighted by Crippen LogP contribution is -2.36. The first-order valence-electron chi connectivity index (χ1n) is 11.8. The highest BCUT2D eigenvalue weighted by Crippen LogP contribution is 2.33. The number of aromatic nitrogens is 1. The second kappa shape index (κ2) is 13.7. The van der Waals surface area contributed by atoms with E-state index in [1.54, 1.807) is 4.90 Å². The van der Waals surface area contributed by atoms with Crippen molar-refractivity contribution in [1.29, 1.82) is 10.5 Å². The minimum Gasteiger partial charge on any atom is -0.308 e. The molecule has 9 nitrogen and oxygen atoms in total. The Bertz CT molecular complexity index is 1440. The Morgan fingerprint density at radius 3 is 2.13 bits per heavy atom. The number of halogens is 1. The second-order valence-corrected chi connectivity index (χ2v) is 11.8. The van der Waals surface area contributed by atoms with E-state index in [0.29, 0.717) is 23.8 Å². The number of carbonyl (C=O) groups is 1. The van der Waals surface area contributed by atoms with Crippen molar-refractivity contribution >= 4 is 55.0 Å². The summed E-state index contributed by atoms with van der Waals surface area (Å²) in [5.41, 5.74) is 3.39. The number of fused-ring (bicyclic) bond motifs is 1. The quantitative estimate of drug-likeness (QED) is 0.333. The number of benzene rings is 2. The number of hydrogen-bond donors (Lipinski definition) is 0. The van der Waals surface area contributed by atoms with Gasteiger partial charge in [0.25, 0.3) is 5.91 Å². The van der Waals surface area contributed by atoms with Crippen LogP contribution in [0, 0.1) is 36.5 Å². The monoisotopic (exact) mass is 574 g/mol. The Hall–Kier alpha value is -3.06. The fraction of sp³-hybridized carbons (Fsp3) is 0.385. The van der Waals surface area contributed by atoms with Crippen LogP contribution in [0.3, 0.4) is 0 Å². The number of nitrogens with zero attached hydrogens (tertiary/aromatic N) is 6. The molecule has 0 unspecified atom stereocenters. The fourth-order valence-electron chi connectivity index (χ4n) is 3.84. The lowest BCUT2D eigenvalue weighted by atomic mass is 10.1. The number of thiazole rings is 1. The van der Waals surface area contributed by atoms with Gasteiger partial charge < -0.3 is 4.90 Å². The van der Waals surface area contributed by atoms with E-state index in [2.05, 4.69) is 6.07 Å². The zero-order valence-corrected chi connectivity index (χ0v) is 24.3. The molecule has 0 saturated heterocycles. The van der Waals surface area contributed by atoms with Gasteiger partial charge in [-0.05, 0) is 69.4 Å². The molecule has 3 rings (SSSR count). The van der Waals surface area contributed by atoms with Crippen LogP contribution in [0.4, 0.5) is 5.13 Å². The van der Waals surface area contributed by atoms with Crippen molar-refractivity contribution in [1.82, 2.24) is 14.2 Å². The molecule has 3 aromatic rings. The number of carbonyl (C=O) groups excluding carboxylic acids is 1. The van der Waals surface area contributed by atoms with E-state index >= 15 is 0 Å². The SMILES string of the molecule is Cc1cc(C)c2sc(N(CCN(C)C)C(=O)c3ccc(S(=O)(=O)N(CCC#N)CCC#N)cc3)nc2c1.Cl. The number of aryl methyl sites for hydroxylation is 2. The molecule has 0 fully saturated rings. The van der Waals surface area contributed by atoms with E-state index < -0.39 is 10.0 Å². The smallest absolute Gasteiger partial charge is 0.260 e. The van der Waals surface area contributed by atoms with E-state index in [1.807, 2.05) is 51.0 Å². The van der Waals surface area contributed by atoms with Crippen LogP contribution >= 0.6 is 23.7 Å². The summed E-state index contributed by atoms with van der Waals surface area (Å²) in [4.78, 5) is 22.0. The molecule has 202 valence electrons. The molecule has 0 bridgehead atoms. The fourth-order valence-corrected chi connectivity index (χ4v) is 6.32. The summed E-state index contributed by atoms with van der Waals surface area (Å²) >= 11 is 1.46. The zero-order valence-electron chi connectivity index (χ0n) is 21.8. The Morgan fingerprint density at radius 2 is 1.58 bits per heavy atom. The summed E-state index contributed by atoms with van der Waals surface area (Å²) in [5.74, 6) is -0.273. The molecular weight excluding hydrogens is 544 g/mol. The first kappa shape index (κ1) is 31.2. The van der Waals surface area contributed by atoms with Crippen molar-refractivity contribution in [2.45, 2.75) is 31.6 Å². The molecule has 0 aliphatic heterocycles. The molecule has 0 N–H and O–H groups in total. The van der Waals surface area contributed by atoms with E-state index in [0.717, 1.165) is 25.6 Å². The topological polar surface area (TPSA) is 121 Å². The molecule has 0 aliphatic carbocycles. The van der Waals surface area contributed by atoms with E-state index in [9.17, 15) is 13.2 Å². The van der Waals surface area contributed by atoms with Gasteiger partial charge in [0, 0.05) is 44.6 Å². The van der Waals surface area contributed by atoms with Gasteiger partial charge >= 0.3 is 0 Å². The maximum Gasteiger partial charge on any atom is 0.260 e. The first-order chi connectivity index (χ1) is 17.6. The normalized spacial score (nSPS) is 11.3. The number of anilines is 1. The van der Waals surface area contributed by atoms with Crippen LogP contribution in [-0.2, 0) is 10.0 Å². The number of sulfonamides is 1. The average molecular weight is 575 g/mol. The molecule has 0 aliphatic rings. The molecule has 0 spiro atoms. The zero-order chi connectivity index (χ0) is 27.2. The molecule has 0 saturated carbocycles. The summed E-state index contributed by atoms with van der Waals surface area (Å²) in [6.45, 7) is 5.07. The Labute approximate surface area is 234 Å². The summed E-state index contributed by atoms with van der Waals surface area (Å²) in [7, 11) is -0.0606. The number of hydrogen-bond acceptors (Lipinski definition) is 8. The Kier molecular flexibility index (Phi) is 11.2. The Morgan fingerprint density at radius 1 is 0.974 bits per heavy atom. The Balaban J connectivity index is 0.00000507. The van der Waals surface area contributed by atoms with Gasteiger partial charge in [-0.2, -0.15) is 14.8 Å². The molecule has 1 heterocycles. The highest BCUT2D eigenvalue weighted by molar-refractivity contribution is 7.89. The van der Waals surface area contributed by atoms with Gasteiger partial charge in [0.1, 0.15) is 0 Å². The number of likely N-dealkylation sites (N-methyl/N-ethyl adjacent to an activating group) is 1. The van der Waals surface area contributed by atoms with Crippen molar-refractivity contribution in [2.24, 2.45) is 0 Å². The molecule has 2 aromatic carbocycles. The van der Waals surface area contributed by atoms with Gasteiger partial charge in [0.05, 0.1) is 27.3 Å². The molecule has 1 aromatic heterocycles. The van der Waals surface area contributed by atoms with Crippen LogP contribution in [0.15, 0.2) is 41.3 Å². The van der Waals surface area contributed by atoms with Crippen molar-refractivity contribution in [3.63, 3.8) is 0 Å². The summed E-state index contributed by atoms with van der Waals surface area (Å²) in [5, 5.41) is 18.4. The maximum absolute atomic E-state index is 13.6. The van der Waals surface area contributed by atoms with Crippen LogP contribution in [-0.4, -0.2) is 68.8 Å². The van der Waals surface area contributed by atoms with Crippen LogP contribution in [0.2, 0.25) is 0 Å². The molecule has 38 heavy (non-hydrogen) atoms. The van der Waals surface area contributed by atoms with Crippen molar-refractivity contribution < 1.29 is 13.2 Å². The highest BCUT2D eigenvalue weighted by Gasteiger charge is 2.26. The van der Waals surface area contributed by atoms with Gasteiger partial charge in [-0.1, -0.05) is 17.4 Å². The van der Waals surface area contributed by atoms with Gasteiger partial charge in [-0.15, -0.1) is 12.4 Å². The van der Waals surface area contributed by atoms with E-state index in [4.69, 9.17) is 15.5 Å². The standard InChI is InChI=1S/C26H30N6O3S2.ClH/c1-19-17-20(2)24-23(18-19)29-26(36-24)32(16-15-30(3)4)25(33)21-7-9-22(10-8-21)37(34,35)31(13-5-11-27)14-6-12-28;/h7-10,17-18H,5-6,13-16H2,1-4H3;1H. The molecular formula is C26H31ClN6O3S2. The lowest BCUT2D eigenvalue weighted by molar-refractivity contribution is 0.0985. The minimum atomic E-state index is -3.92. The van der Waals surface area contributed by atoms with Gasteiger partial charge in [-0.3, -0.25) is 9.69 Å². The summed E-state index contributed by atoms with van der Waals surface area (Å²) in [6.07, 6.45) is 0.0342. The van der Waals surface area contributed by atoms with Crippen molar-refractivity contribution in [3.8, 4) is 12.1 Å². The number of nitriles is 2. The van der Waals surface area contributed by atoms with E-state index in [1.165, 1.54) is 35.6 Å². The van der Waals surface area contributed by atoms with Gasteiger partial charge in [0.15, 0.2) is 5.13 Å². The molecule has 0 atom stereocenters. The van der Waals surface area contributed by atoms with Crippen LogP contribution in [0.5, 0.6) is 0 Å². The lowest BCUT2D eigenvalue weighted by Gasteiger charge is -2.22. The predicted octanol–water partition coefficient (Wildman–Crippen LogP) is 4.36. The van der Waals surface area contributed by atoms with Crippen molar-refractivity contribution in [3.05, 3.63) is 53.1 Å². The van der Waals surface area contributed by atoms with Gasteiger partial charge in [0.2, 0.25) is 10.0 Å². The van der Waals surface area contributed by atoms with Crippen LogP contribution in [0.1, 0.15) is 34.3 Å². The van der Waals surface area contributed by atoms with Crippen LogP contribution < -0.4 is 4.90 Å². The maximum atomic E-state index is 13.6. The molecule has 1 amide bonds. The third-order valence-electron chi connectivity index (χ3n) is 5.74. The third kappa shape index (κ3) is 7.28. The first-order valence-corrected chi connectivity index (χ1v) is 14.0. The minimum absolute atomic E-state index is 0. The molecule has 12 heteroatoms. The largest absolute Gasteiger partial charge is 0.308 e.